The SMILES string of the molecule is Cc1cc(C)cc(C(C(=O)NC2CCCCC2)N(CCO)C(=O)C(CS)NC(=O)OC(C)(C)C)c1. The highest BCUT2D eigenvalue weighted by molar-refractivity contribution is 7.80. The lowest BCUT2D eigenvalue weighted by molar-refractivity contribution is -0.143. The molecule has 0 radical (unpaired) electrons. The number of aryl methyl sites for hydroxylation is 2. The van der Waals surface area contributed by atoms with Crippen LogP contribution < -0.4 is 10.6 Å². The number of benzene rings is 1. The van der Waals surface area contributed by atoms with Gasteiger partial charge in [-0.05, 0) is 53.0 Å². The van der Waals surface area contributed by atoms with Gasteiger partial charge >= 0.3 is 6.09 Å². The molecule has 0 spiro atoms. The molecule has 0 heterocycles. The summed E-state index contributed by atoms with van der Waals surface area (Å²) in [6.45, 7) is 8.65. The summed E-state index contributed by atoms with van der Waals surface area (Å²) in [6, 6.07) is 3.82. The molecule has 1 fully saturated rings. The van der Waals surface area contributed by atoms with Gasteiger partial charge in [0, 0.05) is 18.3 Å². The third-order valence-electron chi connectivity index (χ3n) is 5.87. The van der Waals surface area contributed by atoms with Crippen LogP contribution in [0.15, 0.2) is 18.2 Å². The molecule has 35 heavy (non-hydrogen) atoms. The third-order valence-corrected chi connectivity index (χ3v) is 6.23. The molecule has 0 saturated heterocycles. The van der Waals surface area contributed by atoms with E-state index < -0.39 is 29.7 Å². The van der Waals surface area contributed by atoms with Gasteiger partial charge in [-0.15, -0.1) is 0 Å². The quantitative estimate of drug-likeness (QED) is 0.383. The number of amides is 3. The molecule has 1 saturated carbocycles. The highest BCUT2D eigenvalue weighted by Crippen LogP contribution is 2.26. The number of ether oxygens (including phenoxy) is 1. The van der Waals surface area contributed by atoms with Crippen molar-refractivity contribution in [1.29, 1.82) is 0 Å². The number of carbonyl (C=O) groups excluding carboxylic acids is 3. The largest absolute Gasteiger partial charge is 0.444 e. The van der Waals surface area contributed by atoms with E-state index in [9.17, 15) is 19.5 Å². The Morgan fingerprint density at radius 2 is 1.71 bits per heavy atom. The zero-order chi connectivity index (χ0) is 26.2. The van der Waals surface area contributed by atoms with E-state index in [0.29, 0.717) is 5.56 Å². The number of hydrogen-bond acceptors (Lipinski definition) is 6. The summed E-state index contributed by atoms with van der Waals surface area (Å²) in [5, 5.41) is 15.5. The number of carbonyl (C=O) groups is 3. The van der Waals surface area contributed by atoms with Crippen molar-refractivity contribution in [2.75, 3.05) is 18.9 Å². The molecular weight excluding hydrogens is 466 g/mol. The van der Waals surface area contributed by atoms with Crippen LogP contribution in [0.1, 0.15) is 75.6 Å². The number of aliphatic hydroxyl groups excluding tert-OH is 1. The third kappa shape index (κ3) is 9.04. The van der Waals surface area contributed by atoms with Crippen molar-refractivity contribution in [2.45, 2.75) is 90.4 Å². The van der Waals surface area contributed by atoms with Gasteiger partial charge in [-0.1, -0.05) is 48.6 Å². The van der Waals surface area contributed by atoms with E-state index in [0.717, 1.165) is 43.2 Å². The second-order valence-corrected chi connectivity index (χ2v) is 10.7. The maximum atomic E-state index is 13.7. The van der Waals surface area contributed by atoms with Gasteiger partial charge in [-0.3, -0.25) is 9.59 Å². The molecule has 3 N–H and O–H groups in total. The van der Waals surface area contributed by atoms with Crippen molar-refractivity contribution in [2.24, 2.45) is 0 Å². The molecule has 1 aliphatic carbocycles. The number of aliphatic hydroxyl groups is 1. The van der Waals surface area contributed by atoms with Crippen LogP contribution >= 0.6 is 12.6 Å². The lowest BCUT2D eigenvalue weighted by atomic mass is 9.94. The smallest absolute Gasteiger partial charge is 0.408 e. The first-order chi connectivity index (χ1) is 16.4. The predicted octanol–water partition coefficient (Wildman–Crippen LogP) is 3.44. The minimum absolute atomic E-state index is 0.00378. The molecule has 0 aliphatic heterocycles. The average Bonchev–Trinajstić information content (AvgIpc) is 2.75. The van der Waals surface area contributed by atoms with E-state index in [1.54, 1.807) is 20.8 Å². The van der Waals surface area contributed by atoms with Gasteiger partial charge in [0.2, 0.25) is 11.8 Å². The number of rotatable bonds is 9. The number of hydrogen-bond donors (Lipinski definition) is 4. The molecule has 3 amide bonds. The predicted molar refractivity (Wildman–Crippen MR) is 139 cm³/mol. The van der Waals surface area contributed by atoms with Crippen LogP contribution in [0.5, 0.6) is 0 Å². The van der Waals surface area contributed by atoms with Crippen molar-refractivity contribution >= 4 is 30.5 Å². The zero-order valence-electron chi connectivity index (χ0n) is 21.6. The molecule has 2 unspecified atom stereocenters. The van der Waals surface area contributed by atoms with Gasteiger partial charge in [0.15, 0.2) is 0 Å². The molecule has 8 nitrogen and oxygen atoms in total. The van der Waals surface area contributed by atoms with Crippen molar-refractivity contribution in [3.05, 3.63) is 34.9 Å². The number of alkyl carbamates (subject to hydrolysis) is 1. The van der Waals surface area contributed by atoms with Crippen molar-refractivity contribution < 1.29 is 24.2 Å². The van der Waals surface area contributed by atoms with Crippen LogP contribution in [0.2, 0.25) is 0 Å². The van der Waals surface area contributed by atoms with Crippen LogP contribution in [0.3, 0.4) is 0 Å². The minimum Gasteiger partial charge on any atom is -0.444 e. The Morgan fingerprint density at radius 3 is 2.23 bits per heavy atom. The summed E-state index contributed by atoms with van der Waals surface area (Å²) < 4.78 is 5.30. The topological polar surface area (TPSA) is 108 Å². The van der Waals surface area contributed by atoms with Gasteiger partial charge < -0.3 is 25.4 Å². The van der Waals surface area contributed by atoms with Gasteiger partial charge in [0.05, 0.1) is 6.61 Å². The Bertz CT molecular complexity index is 860. The van der Waals surface area contributed by atoms with Crippen LogP contribution in [0.4, 0.5) is 4.79 Å². The molecule has 2 atom stereocenters. The number of nitrogens with zero attached hydrogens (tertiary/aromatic N) is 1. The Labute approximate surface area is 214 Å². The summed E-state index contributed by atoms with van der Waals surface area (Å²) in [7, 11) is 0. The average molecular weight is 508 g/mol. The molecule has 0 bridgehead atoms. The Hall–Kier alpha value is -2.26. The van der Waals surface area contributed by atoms with E-state index >= 15 is 0 Å². The molecule has 0 aromatic heterocycles. The van der Waals surface area contributed by atoms with Crippen LogP contribution in [-0.4, -0.2) is 64.5 Å². The van der Waals surface area contributed by atoms with E-state index in [1.807, 2.05) is 32.0 Å². The second-order valence-electron chi connectivity index (χ2n) is 10.3. The first-order valence-corrected chi connectivity index (χ1v) is 13.0. The summed E-state index contributed by atoms with van der Waals surface area (Å²) in [6.07, 6.45) is 4.32. The summed E-state index contributed by atoms with van der Waals surface area (Å²) in [5.41, 5.74) is 1.85. The summed E-state index contributed by atoms with van der Waals surface area (Å²) in [5.74, 6) is -0.800. The molecule has 1 aliphatic rings. The van der Waals surface area contributed by atoms with Crippen LogP contribution in [-0.2, 0) is 14.3 Å². The van der Waals surface area contributed by atoms with E-state index in [2.05, 4.69) is 23.3 Å². The van der Waals surface area contributed by atoms with Gasteiger partial charge in [0.1, 0.15) is 17.7 Å². The van der Waals surface area contributed by atoms with E-state index in [1.165, 1.54) is 4.90 Å². The Morgan fingerprint density at radius 1 is 1.11 bits per heavy atom. The molecular formula is C26H41N3O5S. The second kappa shape index (κ2) is 13.2. The fourth-order valence-electron chi connectivity index (χ4n) is 4.48. The number of nitrogens with one attached hydrogen (secondary N) is 2. The molecule has 9 heteroatoms. The van der Waals surface area contributed by atoms with Gasteiger partial charge in [0.25, 0.3) is 0 Å². The van der Waals surface area contributed by atoms with Crippen LogP contribution in [0, 0.1) is 13.8 Å². The fraction of sp³-hybridized carbons (Fsp3) is 0.654. The maximum Gasteiger partial charge on any atom is 0.408 e. The van der Waals surface area contributed by atoms with Crippen molar-refractivity contribution in [1.82, 2.24) is 15.5 Å². The van der Waals surface area contributed by atoms with Crippen LogP contribution in [0.25, 0.3) is 0 Å². The normalized spacial score (nSPS) is 16.2. The van der Waals surface area contributed by atoms with Crippen molar-refractivity contribution in [3.63, 3.8) is 0 Å². The molecule has 2 rings (SSSR count). The Kier molecular flexibility index (Phi) is 10.9. The number of thiol groups is 1. The van der Waals surface area contributed by atoms with Gasteiger partial charge in [-0.2, -0.15) is 12.6 Å². The van der Waals surface area contributed by atoms with E-state index in [-0.39, 0.29) is 30.9 Å². The molecule has 196 valence electrons. The standard InChI is InChI=1S/C26H41N3O5S/c1-17-13-18(2)15-19(14-17)22(23(31)27-20-9-7-6-8-10-20)29(11-12-30)24(32)21(16-35)28-25(33)34-26(3,4)5/h13-15,20-22,30,35H,6-12,16H2,1-5H3,(H,27,31)(H,28,33). The monoisotopic (exact) mass is 507 g/mol. The highest BCUT2D eigenvalue weighted by Gasteiger charge is 2.36. The first kappa shape index (κ1) is 29.0. The summed E-state index contributed by atoms with van der Waals surface area (Å²) in [4.78, 5) is 41.0. The van der Waals surface area contributed by atoms with Gasteiger partial charge in [-0.25, -0.2) is 4.79 Å². The first-order valence-electron chi connectivity index (χ1n) is 12.4. The summed E-state index contributed by atoms with van der Waals surface area (Å²) >= 11 is 4.27. The Balaban J connectivity index is 2.40. The van der Waals surface area contributed by atoms with E-state index in [4.69, 9.17) is 4.74 Å². The fourth-order valence-corrected chi connectivity index (χ4v) is 4.72. The van der Waals surface area contributed by atoms with Crippen molar-refractivity contribution in [3.8, 4) is 0 Å². The molecule has 1 aromatic carbocycles. The highest BCUT2D eigenvalue weighted by atomic mass is 32.1. The zero-order valence-corrected chi connectivity index (χ0v) is 22.5. The maximum absolute atomic E-state index is 13.7. The lowest BCUT2D eigenvalue weighted by Crippen LogP contribution is -2.55. The lowest BCUT2D eigenvalue weighted by Gasteiger charge is -2.35. The molecule has 1 aromatic rings. The minimum atomic E-state index is -1.03.